The quantitative estimate of drug-likeness (QED) is 0.612. The third-order valence-electron chi connectivity index (χ3n) is 3.57. The Bertz CT molecular complexity index is 178. The fourth-order valence-corrected chi connectivity index (χ4v) is 2.52. The number of nitrogens with two attached hydrogens (primary N) is 1. The van der Waals surface area contributed by atoms with Gasteiger partial charge in [0.15, 0.2) is 0 Å². The minimum Gasteiger partial charge on any atom is -0.379 e. The average molecular weight is 212 g/mol. The predicted molar refractivity (Wildman–Crippen MR) is 61.7 cm³/mol. The fraction of sp³-hybridized carbons (Fsp3) is 1.00. The van der Waals surface area contributed by atoms with Crippen molar-refractivity contribution in [2.45, 2.75) is 31.7 Å². The maximum absolute atomic E-state index is 5.44. The minimum atomic E-state index is 0.637. The monoisotopic (exact) mass is 212 g/mol. The number of hydrogen-bond acceptors (Lipinski definition) is 3. The molecule has 0 radical (unpaired) electrons. The molecule has 0 unspecified atom stereocenters. The van der Waals surface area contributed by atoms with Crippen molar-refractivity contribution < 1.29 is 4.74 Å². The van der Waals surface area contributed by atoms with Gasteiger partial charge in [0, 0.05) is 19.1 Å². The molecule has 2 aliphatic carbocycles. The fourth-order valence-electron chi connectivity index (χ4n) is 2.52. The Morgan fingerprint density at radius 3 is 2.27 bits per heavy atom. The summed E-state index contributed by atoms with van der Waals surface area (Å²) in [6, 6.07) is 0.853. The lowest BCUT2D eigenvalue weighted by Crippen LogP contribution is -2.37. The molecule has 0 atom stereocenters. The van der Waals surface area contributed by atoms with E-state index in [1.54, 1.807) is 0 Å². The Balaban J connectivity index is 1.65. The summed E-state index contributed by atoms with van der Waals surface area (Å²) >= 11 is 0. The molecule has 88 valence electrons. The molecular weight excluding hydrogens is 188 g/mol. The van der Waals surface area contributed by atoms with E-state index in [9.17, 15) is 0 Å². The normalized spacial score (nSPS) is 21.6. The molecule has 0 spiro atoms. The zero-order valence-corrected chi connectivity index (χ0v) is 9.82. The molecule has 2 saturated carbocycles. The van der Waals surface area contributed by atoms with Gasteiger partial charge in [-0.25, -0.2) is 0 Å². The first-order valence-electron chi connectivity index (χ1n) is 6.31. The van der Waals surface area contributed by atoms with Crippen molar-refractivity contribution in [1.29, 1.82) is 0 Å². The van der Waals surface area contributed by atoms with Crippen LogP contribution >= 0.6 is 0 Å². The van der Waals surface area contributed by atoms with E-state index in [-0.39, 0.29) is 0 Å². The first-order chi connectivity index (χ1) is 7.33. The molecule has 2 aliphatic rings. The van der Waals surface area contributed by atoms with Crippen molar-refractivity contribution in [3.63, 3.8) is 0 Å². The lowest BCUT2D eigenvalue weighted by Gasteiger charge is -2.28. The summed E-state index contributed by atoms with van der Waals surface area (Å²) < 4.78 is 5.44. The molecule has 15 heavy (non-hydrogen) atoms. The third-order valence-corrected chi connectivity index (χ3v) is 3.57. The van der Waals surface area contributed by atoms with Gasteiger partial charge in [-0.15, -0.1) is 0 Å². The standard InChI is InChI=1S/C12H24N2O/c1-14(7-9-15-8-6-13)12(10-2-3-10)11-4-5-11/h10-12H,2-9,13H2,1H3. The Morgan fingerprint density at radius 2 is 1.80 bits per heavy atom. The zero-order valence-electron chi connectivity index (χ0n) is 9.82. The van der Waals surface area contributed by atoms with Crippen molar-refractivity contribution in [3.05, 3.63) is 0 Å². The van der Waals surface area contributed by atoms with Crippen molar-refractivity contribution in [2.75, 3.05) is 33.4 Å². The van der Waals surface area contributed by atoms with Crippen LogP contribution in [0.2, 0.25) is 0 Å². The second-order valence-electron chi connectivity index (χ2n) is 5.05. The summed E-state index contributed by atoms with van der Waals surface area (Å²) in [7, 11) is 2.26. The highest BCUT2D eigenvalue weighted by molar-refractivity contribution is 4.96. The van der Waals surface area contributed by atoms with Crippen LogP contribution in [-0.2, 0) is 4.74 Å². The maximum atomic E-state index is 5.44. The van der Waals surface area contributed by atoms with Crippen LogP contribution in [0.3, 0.4) is 0 Å². The lowest BCUT2D eigenvalue weighted by atomic mass is 10.1. The van der Waals surface area contributed by atoms with Crippen LogP contribution in [0.1, 0.15) is 25.7 Å². The number of ether oxygens (including phenoxy) is 1. The molecule has 2 fully saturated rings. The molecular formula is C12H24N2O. The van der Waals surface area contributed by atoms with E-state index in [0.717, 1.165) is 31.0 Å². The number of nitrogens with zero attached hydrogens (tertiary/aromatic N) is 1. The number of likely N-dealkylation sites (N-methyl/N-ethyl adjacent to an activating group) is 1. The zero-order chi connectivity index (χ0) is 10.7. The van der Waals surface area contributed by atoms with E-state index in [0.29, 0.717) is 13.2 Å². The molecule has 0 aromatic carbocycles. The van der Waals surface area contributed by atoms with Crippen LogP contribution < -0.4 is 5.73 Å². The molecule has 0 aromatic heterocycles. The first-order valence-corrected chi connectivity index (χ1v) is 6.31. The van der Waals surface area contributed by atoms with Crippen LogP contribution in [0.5, 0.6) is 0 Å². The lowest BCUT2D eigenvalue weighted by molar-refractivity contribution is 0.0932. The topological polar surface area (TPSA) is 38.5 Å². The van der Waals surface area contributed by atoms with Gasteiger partial charge in [0.05, 0.1) is 13.2 Å². The van der Waals surface area contributed by atoms with Gasteiger partial charge < -0.3 is 15.4 Å². The van der Waals surface area contributed by atoms with Crippen LogP contribution in [0.4, 0.5) is 0 Å². The van der Waals surface area contributed by atoms with Crippen LogP contribution in [0.15, 0.2) is 0 Å². The molecule has 0 aromatic rings. The largest absolute Gasteiger partial charge is 0.379 e. The average Bonchev–Trinajstić information content (AvgIpc) is 3.05. The van der Waals surface area contributed by atoms with E-state index < -0.39 is 0 Å². The van der Waals surface area contributed by atoms with Gasteiger partial charge in [-0.2, -0.15) is 0 Å². The van der Waals surface area contributed by atoms with Crippen LogP contribution in [-0.4, -0.2) is 44.3 Å². The van der Waals surface area contributed by atoms with Crippen LogP contribution in [0, 0.1) is 11.8 Å². The maximum Gasteiger partial charge on any atom is 0.0594 e. The Hall–Kier alpha value is -0.120. The summed E-state index contributed by atoms with van der Waals surface area (Å²) in [5.41, 5.74) is 5.38. The van der Waals surface area contributed by atoms with E-state index in [1.807, 2.05) is 0 Å². The number of rotatable bonds is 8. The van der Waals surface area contributed by atoms with Crippen molar-refractivity contribution in [2.24, 2.45) is 17.6 Å². The van der Waals surface area contributed by atoms with Gasteiger partial charge in [-0.05, 0) is 44.6 Å². The second-order valence-corrected chi connectivity index (χ2v) is 5.05. The Labute approximate surface area is 93.0 Å². The second kappa shape index (κ2) is 5.28. The van der Waals surface area contributed by atoms with Crippen molar-refractivity contribution in [1.82, 2.24) is 4.90 Å². The molecule has 2 rings (SSSR count). The molecule has 3 heteroatoms. The summed E-state index contributed by atoms with van der Waals surface area (Å²) in [6.45, 7) is 3.24. The molecule has 2 N–H and O–H groups in total. The first kappa shape index (κ1) is 11.4. The Morgan fingerprint density at radius 1 is 1.20 bits per heavy atom. The van der Waals surface area contributed by atoms with E-state index >= 15 is 0 Å². The predicted octanol–water partition coefficient (Wildman–Crippen LogP) is 1.08. The van der Waals surface area contributed by atoms with Crippen molar-refractivity contribution >= 4 is 0 Å². The highest BCUT2D eigenvalue weighted by atomic mass is 16.5. The third kappa shape index (κ3) is 3.44. The van der Waals surface area contributed by atoms with Gasteiger partial charge in [0.25, 0.3) is 0 Å². The molecule has 0 bridgehead atoms. The summed E-state index contributed by atoms with van der Waals surface area (Å²) in [5.74, 6) is 1.99. The number of hydrogen-bond donors (Lipinski definition) is 1. The summed E-state index contributed by atoms with van der Waals surface area (Å²) in [5, 5.41) is 0. The van der Waals surface area contributed by atoms with E-state index in [4.69, 9.17) is 10.5 Å². The molecule has 3 nitrogen and oxygen atoms in total. The van der Waals surface area contributed by atoms with Gasteiger partial charge in [0.2, 0.25) is 0 Å². The van der Waals surface area contributed by atoms with Crippen LogP contribution in [0.25, 0.3) is 0 Å². The van der Waals surface area contributed by atoms with Gasteiger partial charge in [-0.1, -0.05) is 0 Å². The van der Waals surface area contributed by atoms with Gasteiger partial charge >= 0.3 is 0 Å². The Kier molecular flexibility index (Phi) is 4.00. The molecule has 0 aliphatic heterocycles. The van der Waals surface area contributed by atoms with Crippen molar-refractivity contribution in [3.8, 4) is 0 Å². The van der Waals surface area contributed by atoms with E-state index in [2.05, 4.69) is 11.9 Å². The summed E-state index contributed by atoms with van der Waals surface area (Å²) in [6.07, 6.45) is 5.81. The smallest absolute Gasteiger partial charge is 0.0594 e. The molecule has 0 amide bonds. The van der Waals surface area contributed by atoms with E-state index in [1.165, 1.54) is 25.7 Å². The SMILES string of the molecule is CN(CCOCCN)C(C1CC1)C1CC1. The van der Waals surface area contributed by atoms with Gasteiger partial charge in [0.1, 0.15) is 0 Å². The highest BCUT2D eigenvalue weighted by Crippen LogP contribution is 2.46. The molecule has 0 saturated heterocycles. The molecule has 0 heterocycles. The summed E-state index contributed by atoms with van der Waals surface area (Å²) in [4.78, 5) is 2.52. The highest BCUT2D eigenvalue weighted by Gasteiger charge is 2.43. The minimum absolute atomic E-state index is 0.637. The van der Waals surface area contributed by atoms with Gasteiger partial charge in [-0.3, -0.25) is 0 Å².